The number of pyridine rings is 1. The summed E-state index contributed by atoms with van der Waals surface area (Å²) in [6.07, 6.45) is 12.4. The molecule has 9 rings (SSSR count). The van der Waals surface area contributed by atoms with Crippen molar-refractivity contribution in [3.8, 4) is 33.6 Å². The number of ether oxygens (including phenoxy) is 1. The maximum Gasteiger partial charge on any atom is 0.407 e. The molecule has 5 aromatic rings. The number of alkyl carbamates (subject to hydrolysis) is 1. The van der Waals surface area contributed by atoms with Crippen molar-refractivity contribution >= 4 is 17.9 Å². The van der Waals surface area contributed by atoms with Crippen LogP contribution in [0.15, 0.2) is 79.3 Å². The van der Waals surface area contributed by atoms with E-state index < -0.39 is 12.1 Å². The van der Waals surface area contributed by atoms with Gasteiger partial charge in [-0.2, -0.15) is 0 Å². The van der Waals surface area contributed by atoms with Crippen LogP contribution in [0.25, 0.3) is 33.6 Å². The van der Waals surface area contributed by atoms with Crippen molar-refractivity contribution in [1.29, 1.82) is 0 Å². The zero-order valence-corrected chi connectivity index (χ0v) is 33.4. The molecule has 4 N–H and O–H groups in total. The van der Waals surface area contributed by atoms with E-state index in [0.717, 1.165) is 88.7 Å². The van der Waals surface area contributed by atoms with Crippen LogP contribution in [0.2, 0.25) is 0 Å². The molecule has 4 aliphatic rings. The molecule has 1 aliphatic heterocycles. The van der Waals surface area contributed by atoms with Gasteiger partial charge in [-0.05, 0) is 96.6 Å². The van der Waals surface area contributed by atoms with E-state index in [0.29, 0.717) is 30.8 Å². The van der Waals surface area contributed by atoms with Gasteiger partial charge in [-0.15, -0.1) is 0 Å². The molecule has 3 amide bonds. The van der Waals surface area contributed by atoms with E-state index in [1.165, 1.54) is 20.0 Å². The van der Waals surface area contributed by atoms with E-state index in [1.807, 2.05) is 43.4 Å². The van der Waals surface area contributed by atoms with E-state index >= 15 is 0 Å². The SMILES string of the molecule is COC(=O)N[C@H](C(=O)N1CCC[C@H]1c1ncc(-c2ccc(-c3ccc(-c4cnc(C5C6CCC(C6)[C@@H]5C(=O)NCc5cccnc5C5CC5)[nH]4)cc3)cc2)[nH]1)C(C)C. The summed E-state index contributed by atoms with van der Waals surface area (Å²) < 4.78 is 4.77. The summed E-state index contributed by atoms with van der Waals surface area (Å²) in [6.45, 7) is 4.96. The Morgan fingerprint density at radius 2 is 1.45 bits per heavy atom. The highest BCUT2D eigenvalue weighted by atomic mass is 16.5. The van der Waals surface area contributed by atoms with Gasteiger partial charge in [-0.25, -0.2) is 14.8 Å². The number of imidazole rings is 2. The zero-order chi connectivity index (χ0) is 39.9. The normalized spacial score (nSPS) is 23.0. The van der Waals surface area contributed by atoms with Crippen molar-refractivity contribution in [2.75, 3.05) is 13.7 Å². The first kappa shape index (κ1) is 37.8. The van der Waals surface area contributed by atoms with Crippen molar-refractivity contribution < 1.29 is 19.1 Å². The summed E-state index contributed by atoms with van der Waals surface area (Å²) in [5.41, 5.74) is 8.37. The third-order valence-corrected chi connectivity index (χ3v) is 13.0. The van der Waals surface area contributed by atoms with Gasteiger partial charge in [0.05, 0.1) is 42.9 Å². The molecule has 0 radical (unpaired) electrons. The third-order valence-electron chi connectivity index (χ3n) is 13.0. The Morgan fingerprint density at radius 3 is 2.10 bits per heavy atom. The summed E-state index contributed by atoms with van der Waals surface area (Å²) in [6, 6.07) is 20.1. The van der Waals surface area contributed by atoms with Gasteiger partial charge in [0.15, 0.2) is 0 Å². The van der Waals surface area contributed by atoms with Crippen LogP contribution in [-0.4, -0.2) is 67.4 Å². The lowest BCUT2D eigenvalue weighted by Crippen LogP contribution is -2.51. The number of H-pyrrole nitrogens is 2. The van der Waals surface area contributed by atoms with Crippen LogP contribution in [0.1, 0.15) is 99.6 Å². The number of likely N-dealkylation sites (tertiary alicyclic amines) is 1. The molecular formula is C46H52N8O4. The lowest BCUT2D eigenvalue weighted by atomic mass is 9.78. The molecule has 58 heavy (non-hydrogen) atoms. The van der Waals surface area contributed by atoms with Gasteiger partial charge in [0.2, 0.25) is 11.8 Å². The van der Waals surface area contributed by atoms with Gasteiger partial charge in [-0.1, -0.05) is 68.4 Å². The molecular weight excluding hydrogens is 729 g/mol. The number of aromatic nitrogens is 5. The molecule has 6 atom stereocenters. The number of nitrogens with one attached hydrogen (secondary N) is 4. The summed E-state index contributed by atoms with van der Waals surface area (Å²) in [4.78, 5) is 62.5. The standard InChI is InChI=1S/C46H52N8O4/c1-26(2)40(53-46(57)58-3)45(56)54-21-5-7-37(54)42-48-24-35(51-42)29-12-8-27(9-13-29)28-10-14-30(15-11-28)36-25-49-43(52-36)38-32-18-19-33(22-32)39(38)44(55)50-23-34-6-4-20-47-41(34)31-16-17-31/h4,6,8-15,20,24-26,31-33,37-40H,5,7,16-19,21-23H2,1-3H3,(H,48,51)(H,49,52)(H,50,55)(H,53,57)/t32?,33?,37-,38?,39-,40-/m0/s1. The highest BCUT2D eigenvalue weighted by Gasteiger charge is 2.52. The second-order valence-corrected chi connectivity index (χ2v) is 17.0. The Balaban J connectivity index is 0.846. The number of hydrogen-bond donors (Lipinski definition) is 4. The summed E-state index contributed by atoms with van der Waals surface area (Å²) in [7, 11) is 1.30. The Morgan fingerprint density at radius 1 is 0.810 bits per heavy atom. The Labute approximate surface area is 339 Å². The summed E-state index contributed by atoms with van der Waals surface area (Å²) >= 11 is 0. The van der Waals surface area contributed by atoms with Crippen LogP contribution >= 0.6 is 0 Å². The number of hydrogen-bond acceptors (Lipinski definition) is 7. The minimum Gasteiger partial charge on any atom is -0.453 e. The predicted molar refractivity (Wildman–Crippen MR) is 220 cm³/mol. The number of fused-ring (bicyclic) bond motifs is 2. The first-order valence-corrected chi connectivity index (χ1v) is 20.9. The average Bonchev–Trinajstić information content (AvgIpc) is 3.82. The molecule has 0 spiro atoms. The third kappa shape index (κ3) is 7.40. The van der Waals surface area contributed by atoms with Gasteiger partial charge in [0, 0.05) is 36.8 Å². The molecule has 1 saturated heterocycles. The molecule has 300 valence electrons. The van der Waals surface area contributed by atoms with E-state index in [2.05, 4.69) is 80.2 Å². The predicted octanol–water partition coefficient (Wildman–Crippen LogP) is 7.90. The van der Waals surface area contributed by atoms with Crippen molar-refractivity contribution in [2.45, 2.75) is 89.3 Å². The number of carbonyl (C=O) groups is 3. The molecule has 3 unspecified atom stereocenters. The highest BCUT2D eigenvalue weighted by Crippen LogP contribution is 2.56. The van der Waals surface area contributed by atoms with Gasteiger partial charge in [-0.3, -0.25) is 14.6 Å². The van der Waals surface area contributed by atoms with Gasteiger partial charge < -0.3 is 30.2 Å². The maximum absolute atomic E-state index is 13.8. The van der Waals surface area contributed by atoms with Crippen LogP contribution in [0.5, 0.6) is 0 Å². The Bertz CT molecular complexity index is 2280. The lowest BCUT2D eigenvalue weighted by Gasteiger charge is -2.30. The molecule has 12 nitrogen and oxygen atoms in total. The second-order valence-electron chi connectivity index (χ2n) is 17.0. The van der Waals surface area contributed by atoms with Gasteiger partial charge in [0.1, 0.15) is 17.7 Å². The Hall–Kier alpha value is -5.78. The van der Waals surface area contributed by atoms with Crippen LogP contribution in [0, 0.1) is 23.7 Å². The number of amides is 3. The topological polar surface area (TPSA) is 158 Å². The van der Waals surface area contributed by atoms with E-state index in [4.69, 9.17) is 14.7 Å². The number of benzene rings is 2. The molecule has 4 heterocycles. The summed E-state index contributed by atoms with van der Waals surface area (Å²) in [5.74, 6) is 3.02. The quantitative estimate of drug-likeness (QED) is 0.100. The highest BCUT2D eigenvalue weighted by molar-refractivity contribution is 5.86. The van der Waals surface area contributed by atoms with Gasteiger partial charge >= 0.3 is 6.09 Å². The lowest BCUT2D eigenvalue weighted by molar-refractivity contribution is -0.135. The van der Waals surface area contributed by atoms with E-state index in [-0.39, 0.29) is 35.6 Å². The molecule has 12 heteroatoms. The van der Waals surface area contributed by atoms with Crippen molar-refractivity contribution in [3.05, 3.63) is 102 Å². The van der Waals surface area contributed by atoms with Crippen molar-refractivity contribution in [2.24, 2.45) is 23.7 Å². The molecule has 3 aromatic heterocycles. The largest absolute Gasteiger partial charge is 0.453 e. The molecule has 2 bridgehead atoms. The Kier molecular flexibility index (Phi) is 10.3. The number of aromatic amines is 2. The molecule has 2 aromatic carbocycles. The fourth-order valence-corrected chi connectivity index (χ4v) is 9.87. The zero-order valence-electron chi connectivity index (χ0n) is 33.4. The molecule has 3 saturated carbocycles. The van der Waals surface area contributed by atoms with Crippen molar-refractivity contribution in [3.63, 3.8) is 0 Å². The number of methoxy groups -OCH3 is 1. The fraction of sp³-hybridized carbons (Fsp3) is 0.435. The summed E-state index contributed by atoms with van der Waals surface area (Å²) in [5, 5.41) is 6.01. The van der Waals surface area contributed by atoms with E-state index in [1.54, 1.807) is 0 Å². The minimum absolute atomic E-state index is 0.0709. The number of rotatable bonds is 12. The smallest absolute Gasteiger partial charge is 0.407 e. The average molecular weight is 781 g/mol. The number of carbonyl (C=O) groups excluding carboxylic acids is 3. The molecule has 4 fully saturated rings. The molecule has 3 aliphatic carbocycles. The fourth-order valence-electron chi connectivity index (χ4n) is 9.87. The number of nitrogens with zero attached hydrogens (tertiary/aromatic N) is 4. The maximum atomic E-state index is 13.8. The van der Waals surface area contributed by atoms with Crippen LogP contribution < -0.4 is 10.6 Å². The minimum atomic E-state index is -0.676. The second kappa shape index (κ2) is 15.9. The van der Waals surface area contributed by atoms with Crippen LogP contribution in [0.4, 0.5) is 4.79 Å². The van der Waals surface area contributed by atoms with Crippen molar-refractivity contribution in [1.82, 2.24) is 40.5 Å². The first-order chi connectivity index (χ1) is 28.2. The van der Waals surface area contributed by atoms with Crippen LogP contribution in [0.3, 0.4) is 0 Å². The monoisotopic (exact) mass is 780 g/mol. The van der Waals surface area contributed by atoms with Gasteiger partial charge in [0.25, 0.3) is 0 Å². The first-order valence-electron chi connectivity index (χ1n) is 20.9. The van der Waals surface area contributed by atoms with E-state index in [9.17, 15) is 14.4 Å². The van der Waals surface area contributed by atoms with Crippen LogP contribution in [-0.2, 0) is 20.9 Å².